The van der Waals surface area contributed by atoms with E-state index in [9.17, 15) is 24.0 Å². The van der Waals surface area contributed by atoms with Crippen molar-refractivity contribution in [1.82, 2.24) is 0 Å². The normalized spacial score (nSPS) is 23.7. The second kappa shape index (κ2) is 12.0. The number of carbonyl (C=O) groups excluding carboxylic acids is 5. The molecule has 1 aromatic rings. The Morgan fingerprint density at radius 3 is 1.91 bits per heavy atom. The van der Waals surface area contributed by atoms with Crippen LogP contribution in [0, 0.1) is 0 Å². The molecule has 0 N–H and O–H groups in total. The van der Waals surface area contributed by atoms with Crippen LogP contribution in [0.3, 0.4) is 0 Å². The van der Waals surface area contributed by atoms with Crippen LogP contribution >= 0.6 is 0 Å². The molecule has 2 rings (SSSR count). The summed E-state index contributed by atoms with van der Waals surface area (Å²) in [4.78, 5) is 59.0. The van der Waals surface area contributed by atoms with Gasteiger partial charge >= 0.3 is 29.8 Å². The van der Waals surface area contributed by atoms with Gasteiger partial charge in [0.25, 0.3) is 0 Å². The van der Waals surface area contributed by atoms with Crippen LogP contribution in [-0.2, 0) is 47.6 Å². The lowest BCUT2D eigenvalue weighted by Gasteiger charge is -2.44. The first-order chi connectivity index (χ1) is 16.0. The molecule has 186 valence electrons. The zero-order valence-electron chi connectivity index (χ0n) is 19.3. The van der Waals surface area contributed by atoms with Crippen LogP contribution in [0.25, 0.3) is 0 Å². The molecule has 1 aliphatic heterocycles. The summed E-state index contributed by atoms with van der Waals surface area (Å²) >= 11 is 0. The molecule has 0 radical (unpaired) electrons. The molecule has 1 aromatic carbocycles. The van der Waals surface area contributed by atoms with E-state index in [1.165, 1.54) is 19.2 Å². The van der Waals surface area contributed by atoms with Gasteiger partial charge in [-0.2, -0.15) is 0 Å². The summed E-state index contributed by atoms with van der Waals surface area (Å²) in [5.41, 5.74) is 0.0397. The van der Waals surface area contributed by atoms with Crippen molar-refractivity contribution in [2.24, 2.45) is 0 Å². The van der Waals surface area contributed by atoms with Crippen LogP contribution in [-0.4, -0.2) is 74.3 Å². The van der Waals surface area contributed by atoms with Crippen LogP contribution < -0.4 is 4.74 Å². The lowest BCUT2D eigenvalue weighted by molar-refractivity contribution is -0.288. The SMILES string of the molecule is COC(=O)c1ccccc1O[C@@H]1O[C@H](COC(C)=O)[C@H](OC(C)=O)[C@H](OC(C)=O)[C@@H]1OC(C)=O. The Morgan fingerprint density at radius 1 is 0.794 bits per heavy atom. The highest BCUT2D eigenvalue weighted by atomic mass is 16.7. The average molecular weight is 482 g/mol. The molecule has 0 aliphatic carbocycles. The lowest BCUT2D eigenvalue weighted by Crippen LogP contribution is -2.63. The molecule has 5 atom stereocenters. The Kier molecular flexibility index (Phi) is 9.36. The van der Waals surface area contributed by atoms with Crippen LogP contribution in [0.15, 0.2) is 24.3 Å². The van der Waals surface area contributed by atoms with E-state index < -0.39 is 67.2 Å². The summed E-state index contributed by atoms with van der Waals surface area (Å²) in [5.74, 6) is -3.65. The Hall–Kier alpha value is -3.67. The Bertz CT molecular complexity index is 926. The lowest BCUT2D eigenvalue weighted by atomic mass is 9.98. The second-order valence-corrected chi connectivity index (χ2v) is 7.17. The fraction of sp³-hybridized carbons (Fsp3) is 0.500. The van der Waals surface area contributed by atoms with E-state index in [0.717, 1.165) is 27.7 Å². The first kappa shape index (κ1) is 26.6. The summed E-state index contributed by atoms with van der Waals surface area (Å²) in [5, 5.41) is 0. The smallest absolute Gasteiger partial charge is 0.341 e. The molecule has 0 aromatic heterocycles. The molecule has 0 unspecified atom stereocenters. The maximum Gasteiger partial charge on any atom is 0.341 e. The third kappa shape index (κ3) is 7.17. The number of benzene rings is 1. The predicted molar refractivity (Wildman–Crippen MR) is 110 cm³/mol. The van der Waals surface area contributed by atoms with Crippen molar-refractivity contribution in [2.75, 3.05) is 13.7 Å². The monoisotopic (exact) mass is 482 g/mol. The van der Waals surface area contributed by atoms with E-state index in [1.807, 2.05) is 0 Å². The molecule has 0 saturated carbocycles. The quantitative estimate of drug-likeness (QED) is 0.383. The Labute approximate surface area is 195 Å². The number of esters is 5. The first-order valence-electron chi connectivity index (χ1n) is 10.2. The summed E-state index contributed by atoms with van der Waals surface area (Å²) in [6, 6.07) is 6.03. The maximum atomic E-state index is 12.1. The molecular formula is C22H26O12. The zero-order chi connectivity index (χ0) is 25.4. The van der Waals surface area contributed by atoms with Crippen molar-refractivity contribution in [3.8, 4) is 5.75 Å². The highest BCUT2D eigenvalue weighted by Crippen LogP contribution is 2.32. The van der Waals surface area contributed by atoms with E-state index >= 15 is 0 Å². The van der Waals surface area contributed by atoms with Crippen molar-refractivity contribution < 1.29 is 57.1 Å². The third-order valence-corrected chi connectivity index (χ3v) is 4.48. The molecule has 0 bridgehead atoms. The van der Waals surface area contributed by atoms with Gasteiger partial charge in [0.2, 0.25) is 12.4 Å². The highest BCUT2D eigenvalue weighted by molar-refractivity contribution is 5.92. The first-order valence-corrected chi connectivity index (χ1v) is 10.2. The summed E-state index contributed by atoms with van der Waals surface area (Å²) in [6.45, 7) is 4.08. The van der Waals surface area contributed by atoms with Crippen molar-refractivity contribution in [2.45, 2.75) is 58.4 Å². The summed E-state index contributed by atoms with van der Waals surface area (Å²) in [7, 11) is 1.19. The summed E-state index contributed by atoms with van der Waals surface area (Å²) in [6.07, 6.45) is -6.79. The number of ether oxygens (including phenoxy) is 7. The largest absolute Gasteiger partial charge is 0.465 e. The van der Waals surface area contributed by atoms with E-state index in [4.69, 9.17) is 33.2 Å². The molecule has 12 heteroatoms. The molecule has 1 heterocycles. The van der Waals surface area contributed by atoms with E-state index in [2.05, 4.69) is 0 Å². The van der Waals surface area contributed by atoms with Gasteiger partial charge in [0.15, 0.2) is 12.2 Å². The summed E-state index contributed by atoms with van der Waals surface area (Å²) < 4.78 is 37.4. The van der Waals surface area contributed by atoms with Crippen LogP contribution in [0.4, 0.5) is 0 Å². The number of hydrogen-bond donors (Lipinski definition) is 0. The van der Waals surface area contributed by atoms with Crippen molar-refractivity contribution >= 4 is 29.8 Å². The highest BCUT2D eigenvalue weighted by Gasteiger charge is 2.53. The number of para-hydroxylation sites is 1. The van der Waals surface area contributed by atoms with Gasteiger partial charge < -0.3 is 33.2 Å². The molecule has 12 nitrogen and oxygen atoms in total. The Balaban J connectivity index is 2.52. The number of rotatable bonds is 8. The van der Waals surface area contributed by atoms with Crippen LogP contribution in [0.5, 0.6) is 5.75 Å². The maximum absolute atomic E-state index is 12.1. The van der Waals surface area contributed by atoms with E-state index in [0.29, 0.717) is 0 Å². The van der Waals surface area contributed by atoms with E-state index in [-0.39, 0.29) is 11.3 Å². The van der Waals surface area contributed by atoms with Crippen molar-refractivity contribution in [3.63, 3.8) is 0 Å². The average Bonchev–Trinajstić information content (AvgIpc) is 2.75. The molecular weight excluding hydrogens is 456 g/mol. The minimum absolute atomic E-state index is 0.00949. The number of methoxy groups -OCH3 is 1. The molecule has 1 aliphatic rings. The van der Waals surface area contributed by atoms with Gasteiger partial charge in [0.05, 0.1) is 7.11 Å². The van der Waals surface area contributed by atoms with Gasteiger partial charge in [-0.05, 0) is 12.1 Å². The Morgan fingerprint density at radius 2 is 1.35 bits per heavy atom. The van der Waals surface area contributed by atoms with Crippen molar-refractivity contribution in [1.29, 1.82) is 0 Å². The second-order valence-electron chi connectivity index (χ2n) is 7.17. The standard InChI is InChI=1S/C22H26O12/c1-11(23)29-10-17-18(30-12(2)24)19(31-13(3)25)20(32-14(4)26)22(34-17)33-16-9-7-6-8-15(16)21(27)28-5/h6-9,17-20,22H,10H2,1-5H3/t17-,18+,19+,20+,22-/m1/s1. The zero-order valence-corrected chi connectivity index (χ0v) is 19.3. The number of hydrogen-bond acceptors (Lipinski definition) is 12. The van der Waals surface area contributed by atoms with Gasteiger partial charge in [-0.1, -0.05) is 12.1 Å². The van der Waals surface area contributed by atoms with Gasteiger partial charge in [-0.25, -0.2) is 4.79 Å². The van der Waals surface area contributed by atoms with Gasteiger partial charge in [0.1, 0.15) is 24.0 Å². The van der Waals surface area contributed by atoms with Gasteiger partial charge in [-0.3, -0.25) is 19.2 Å². The fourth-order valence-electron chi connectivity index (χ4n) is 3.26. The van der Waals surface area contributed by atoms with Crippen LogP contribution in [0.2, 0.25) is 0 Å². The minimum atomic E-state index is -1.47. The molecule has 1 saturated heterocycles. The van der Waals surface area contributed by atoms with Gasteiger partial charge in [-0.15, -0.1) is 0 Å². The third-order valence-electron chi connectivity index (χ3n) is 4.48. The van der Waals surface area contributed by atoms with E-state index in [1.54, 1.807) is 12.1 Å². The molecule has 0 spiro atoms. The minimum Gasteiger partial charge on any atom is -0.465 e. The predicted octanol–water partition coefficient (Wildman–Crippen LogP) is 0.935. The molecule has 0 amide bonds. The van der Waals surface area contributed by atoms with Gasteiger partial charge in [0, 0.05) is 27.7 Å². The molecule has 1 fully saturated rings. The van der Waals surface area contributed by atoms with Crippen LogP contribution in [0.1, 0.15) is 38.1 Å². The topological polar surface area (TPSA) is 150 Å². The van der Waals surface area contributed by atoms with Crippen molar-refractivity contribution in [3.05, 3.63) is 29.8 Å². The number of carbonyl (C=O) groups is 5. The fourth-order valence-corrected chi connectivity index (χ4v) is 3.26. The molecule has 34 heavy (non-hydrogen) atoms.